The van der Waals surface area contributed by atoms with Crippen LogP contribution in [0.2, 0.25) is 0 Å². The van der Waals surface area contributed by atoms with Gasteiger partial charge in [-0.15, -0.1) is 0 Å². The van der Waals surface area contributed by atoms with Crippen LogP contribution in [0.25, 0.3) is 10.9 Å². The van der Waals surface area contributed by atoms with Crippen molar-refractivity contribution in [2.75, 3.05) is 42.3 Å². The number of nitrogens with zero attached hydrogens (tertiary/aromatic N) is 4. The summed E-state index contributed by atoms with van der Waals surface area (Å²) in [5.74, 6) is 1.20. The molecule has 10 heteroatoms. The number of carbonyl (C=O) groups excluding carboxylic acids is 1. The molecule has 220 valence electrons. The molecule has 42 heavy (non-hydrogen) atoms. The van der Waals surface area contributed by atoms with Gasteiger partial charge in [0.2, 0.25) is 11.9 Å². The molecule has 0 unspecified atom stereocenters. The van der Waals surface area contributed by atoms with Crippen molar-refractivity contribution in [2.24, 2.45) is 5.92 Å². The van der Waals surface area contributed by atoms with E-state index in [-0.39, 0.29) is 18.4 Å². The zero-order valence-electron chi connectivity index (χ0n) is 24.0. The highest BCUT2D eigenvalue weighted by Gasteiger charge is 2.31. The summed E-state index contributed by atoms with van der Waals surface area (Å²) in [6.07, 6.45) is -2.95. The number of piperidine rings is 1. The van der Waals surface area contributed by atoms with Crippen LogP contribution >= 0.6 is 0 Å². The number of hydrogen-bond acceptors (Lipinski definition) is 6. The number of nitrogens with one attached hydrogen (secondary N) is 2. The molecule has 1 aliphatic heterocycles. The molecule has 1 amide bonds. The number of hydrogen-bond donors (Lipinski definition) is 2. The first-order chi connectivity index (χ1) is 20.1. The number of anilines is 3. The van der Waals surface area contributed by atoms with Crippen LogP contribution in [0.15, 0.2) is 66.7 Å². The molecule has 1 fully saturated rings. The molecule has 3 aromatic carbocycles. The second-order valence-electron chi connectivity index (χ2n) is 11.0. The van der Waals surface area contributed by atoms with E-state index in [0.717, 1.165) is 65.9 Å². The minimum absolute atomic E-state index is 0.0127. The van der Waals surface area contributed by atoms with Gasteiger partial charge in [0.1, 0.15) is 5.82 Å². The van der Waals surface area contributed by atoms with E-state index in [2.05, 4.69) is 15.6 Å². The molecular formula is C32H35F3N6O. The Morgan fingerprint density at radius 3 is 2.26 bits per heavy atom. The Kier molecular flexibility index (Phi) is 8.63. The van der Waals surface area contributed by atoms with E-state index < -0.39 is 11.7 Å². The third-order valence-corrected chi connectivity index (χ3v) is 7.52. The second kappa shape index (κ2) is 12.4. The Labute approximate surface area is 243 Å². The summed E-state index contributed by atoms with van der Waals surface area (Å²) in [6.45, 7) is 4.26. The summed E-state index contributed by atoms with van der Waals surface area (Å²) in [7, 11) is 3.81. The van der Waals surface area contributed by atoms with Crippen molar-refractivity contribution < 1.29 is 18.0 Å². The monoisotopic (exact) mass is 576 g/mol. The smallest absolute Gasteiger partial charge is 0.365 e. The standard InChI is InChI=1S/C32H35F3N6O/c1-21-4-13-27-28(18-21)38-31(40(2)3)39-29(27)37-19-22-7-11-26(12-8-22)41(30(42)24-14-16-36-17-15-24)20-23-5-9-25(10-6-23)32(33,34)35/h4-13,18,24,36H,14-17,19-20H2,1-3H3,(H,37,38,39). The van der Waals surface area contributed by atoms with Gasteiger partial charge in [-0.25, -0.2) is 4.98 Å². The molecule has 1 aliphatic rings. The Bertz CT molecular complexity index is 1530. The number of aromatic nitrogens is 2. The fourth-order valence-electron chi connectivity index (χ4n) is 5.11. The molecule has 0 radical (unpaired) electrons. The van der Waals surface area contributed by atoms with Crippen molar-refractivity contribution in [3.05, 3.63) is 89.0 Å². The summed E-state index contributed by atoms with van der Waals surface area (Å²) in [5.41, 5.74) is 3.62. The molecule has 0 spiro atoms. The topological polar surface area (TPSA) is 73.4 Å². The Balaban J connectivity index is 1.36. The summed E-state index contributed by atoms with van der Waals surface area (Å²) in [4.78, 5) is 26.6. The predicted molar refractivity (Wildman–Crippen MR) is 161 cm³/mol. The highest BCUT2D eigenvalue weighted by Crippen LogP contribution is 2.30. The van der Waals surface area contributed by atoms with Crippen LogP contribution in [-0.4, -0.2) is 43.1 Å². The second-order valence-corrected chi connectivity index (χ2v) is 11.0. The van der Waals surface area contributed by atoms with E-state index >= 15 is 0 Å². The molecule has 1 saturated heterocycles. The number of benzene rings is 3. The van der Waals surface area contributed by atoms with Crippen LogP contribution in [0.5, 0.6) is 0 Å². The summed E-state index contributed by atoms with van der Waals surface area (Å²) in [5, 5.41) is 7.65. The van der Waals surface area contributed by atoms with Gasteiger partial charge in [0.25, 0.3) is 0 Å². The number of aryl methyl sites for hydroxylation is 1. The highest BCUT2D eigenvalue weighted by atomic mass is 19.4. The fourth-order valence-corrected chi connectivity index (χ4v) is 5.11. The lowest BCUT2D eigenvalue weighted by Crippen LogP contribution is -2.41. The minimum Gasteiger partial charge on any atom is -0.365 e. The Morgan fingerprint density at radius 2 is 1.62 bits per heavy atom. The molecule has 0 saturated carbocycles. The van der Waals surface area contributed by atoms with Gasteiger partial charge in [-0.3, -0.25) is 4.79 Å². The van der Waals surface area contributed by atoms with E-state index in [1.807, 2.05) is 68.4 Å². The molecule has 4 aromatic rings. The highest BCUT2D eigenvalue weighted by molar-refractivity contribution is 5.95. The molecule has 0 atom stereocenters. The normalized spacial score (nSPS) is 14.1. The number of rotatable bonds is 8. The Morgan fingerprint density at radius 1 is 0.952 bits per heavy atom. The van der Waals surface area contributed by atoms with Crippen molar-refractivity contribution in [3.63, 3.8) is 0 Å². The lowest BCUT2D eigenvalue weighted by molar-refractivity contribution is -0.137. The molecular weight excluding hydrogens is 541 g/mol. The first-order valence-electron chi connectivity index (χ1n) is 14.1. The van der Waals surface area contributed by atoms with Crippen LogP contribution < -0.4 is 20.4 Å². The van der Waals surface area contributed by atoms with Crippen molar-refractivity contribution >= 4 is 34.3 Å². The predicted octanol–water partition coefficient (Wildman–Crippen LogP) is 6.17. The third-order valence-electron chi connectivity index (χ3n) is 7.52. The van der Waals surface area contributed by atoms with E-state index in [1.54, 1.807) is 4.90 Å². The molecule has 0 bridgehead atoms. The lowest BCUT2D eigenvalue weighted by Gasteiger charge is -2.30. The van der Waals surface area contributed by atoms with Crippen LogP contribution in [-0.2, 0) is 24.1 Å². The van der Waals surface area contributed by atoms with E-state index in [0.29, 0.717) is 23.7 Å². The third kappa shape index (κ3) is 6.82. The Hall–Kier alpha value is -4.18. The van der Waals surface area contributed by atoms with Crippen molar-refractivity contribution in [1.29, 1.82) is 0 Å². The maximum absolute atomic E-state index is 13.6. The fraction of sp³-hybridized carbons (Fsp3) is 0.344. The molecule has 2 heterocycles. The number of alkyl halides is 3. The summed E-state index contributed by atoms with van der Waals surface area (Å²) >= 11 is 0. The molecule has 0 aliphatic carbocycles. The van der Waals surface area contributed by atoms with Crippen LogP contribution in [0.3, 0.4) is 0 Å². The van der Waals surface area contributed by atoms with Gasteiger partial charge in [0.15, 0.2) is 0 Å². The van der Waals surface area contributed by atoms with Gasteiger partial charge in [-0.2, -0.15) is 18.2 Å². The quantitative estimate of drug-likeness (QED) is 0.262. The molecule has 1 aromatic heterocycles. The van der Waals surface area contributed by atoms with Gasteiger partial charge in [0.05, 0.1) is 17.6 Å². The zero-order chi connectivity index (χ0) is 29.9. The summed E-state index contributed by atoms with van der Waals surface area (Å²) < 4.78 is 39.3. The molecule has 2 N–H and O–H groups in total. The van der Waals surface area contributed by atoms with Crippen LogP contribution in [0, 0.1) is 12.8 Å². The van der Waals surface area contributed by atoms with Gasteiger partial charge in [-0.1, -0.05) is 30.3 Å². The number of halogens is 3. The minimum atomic E-state index is -4.40. The van der Waals surface area contributed by atoms with Crippen LogP contribution in [0.1, 0.15) is 35.1 Å². The van der Waals surface area contributed by atoms with Crippen molar-refractivity contribution in [2.45, 2.75) is 39.0 Å². The van der Waals surface area contributed by atoms with Gasteiger partial charge in [-0.05, 0) is 85.9 Å². The molecule has 5 rings (SSSR count). The average molecular weight is 577 g/mol. The van der Waals surface area contributed by atoms with Gasteiger partial charge in [0, 0.05) is 37.6 Å². The maximum Gasteiger partial charge on any atom is 0.416 e. The molecule has 7 nitrogen and oxygen atoms in total. The zero-order valence-corrected chi connectivity index (χ0v) is 24.0. The van der Waals surface area contributed by atoms with Crippen molar-refractivity contribution in [1.82, 2.24) is 15.3 Å². The van der Waals surface area contributed by atoms with E-state index in [9.17, 15) is 18.0 Å². The first-order valence-corrected chi connectivity index (χ1v) is 14.1. The van der Waals surface area contributed by atoms with Gasteiger partial charge >= 0.3 is 6.18 Å². The number of carbonyl (C=O) groups is 1. The van der Waals surface area contributed by atoms with Gasteiger partial charge < -0.3 is 20.4 Å². The summed E-state index contributed by atoms with van der Waals surface area (Å²) in [6, 6.07) is 18.8. The largest absolute Gasteiger partial charge is 0.416 e. The SMILES string of the molecule is Cc1ccc2c(NCc3ccc(N(Cc4ccc(C(F)(F)F)cc4)C(=O)C4CCNCC4)cc3)nc(N(C)C)nc2c1. The number of fused-ring (bicyclic) bond motifs is 1. The maximum atomic E-state index is 13.6. The van der Waals surface area contributed by atoms with Crippen molar-refractivity contribution in [3.8, 4) is 0 Å². The lowest BCUT2D eigenvalue weighted by atomic mass is 9.96. The van der Waals surface area contributed by atoms with Crippen LogP contribution in [0.4, 0.5) is 30.6 Å². The number of amides is 1. The van der Waals surface area contributed by atoms with E-state index in [4.69, 9.17) is 4.98 Å². The first kappa shape index (κ1) is 29.3. The average Bonchev–Trinajstić information content (AvgIpc) is 2.98. The van der Waals surface area contributed by atoms with E-state index in [1.165, 1.54) is 12.1 Å².